The molecule has 0 aromatic heterocycles. The first-order valence-electron chi connectivity index (χ1n) is 6.90. The Morgan fingerprint density at radius 1 is 0.762 bits per heavy atom. The molecule has 2 unspecified atom stereocenters. The third-order valence-corrected chi connectivity index (χ3v) is 3.82. The van der Waals surface area contributed by atoms with Crippen molar-refractivity contribution in [1.29, 1.82) is 0 Å². The minimum absolute atomic E-state index is 0.183. The van der Waals surface area contributed by atoms with E-state index in [1.165, 1.54) is 0 Å². The lowest BCUT2D eigenvalue weighted by Crippen LogP contribution is -2.35. The number of rotatable bonds is 12. The molecule has 0 aliphatic carbocycles. The molecule has 0 aromatic carbocycles. The Morgan fingerprint density at radius 3 is 1.48 bits per heavy atom. The van der Waals surface area contributed by atoms with Crippen LogP contribution in [0.25, 0.3) is 0 Å². The molecule has 128 valence electrons. The van der Waals surface area contributed by atoms with Crippen LogP contribution >= 0.6 is 0 Å². The fourth-order valence-corrected chi connectivity index (χ4v) is 2.97. The summed E-state index contributed by atoms with van der Waals surface area (Å²) in [6.07, 6.45) is 1.56. The van der Waals surface area contributed by atoms with Crippen molar-refractivity contribution < 1.29 is 34.3 Å². The van der Waals surface area contributed by atoms with Crippen molar-refractivity contribution in [3.63, 3.8) is 0 Å². The molecule has 0 rings (SSSR count). The molecule has 0 heterocycles. The SMILES string of the molecule is CCCCCC(OS(=O)(=O)O)C(CCCC)OS(=O)(=O)O. The highest BCUT2D eigenvalue weighted by atomic mass is 32.3. The molecular weight excluding hydrogens is 324 g/mol. The molecule has 0 aliphatic heterocycles. The van der Waals surface area contributed by atoms with Gasteiger partial charge in [-0.1, -0.05) is 46.0 Å². The molecule has 8 nitrogen and oxygen atoms in total. The van der Waals surface area contributed by atoms with Gasteiger partial charge in [0.15, 0.2) is 0 Å². The highest BCUT2D eigenvalue weighted by Crippen LogP contribution is 2.21. The highest BCUT2D eigenvalue weighted by molar-refractivity contribution is 7.81. The van der Waals surface area contributed by atoms with E-state index < -0.39 is 33.0 Å². The molecule has 0 saturated carbocycles. The summed E-state index contributed by atoms with van der Waals surface area (Å²) in [6, 6.07) is 0. The predicted octanol–water partition coefficient (Wildman–Crippen LogP) is 2.13. The van der Waals surface area contributed by atoms with Crippen molar-refractivity contribution >= 4 is 20.8 Å². The lowest BCUT2D eigenvalue weighted by atomic mass is 10.0. The van der Waals surface area contributed by atoms with Crippen LogP contribution in [-0.2, 0) is 29.2 Å². The average Bonchev–Trinajstić information content (AvgIpc) is 2.30. The lowest BCUT2D eigenvalue weighted by molar-refractivity contribution is 0.0335. The lowest BCUT2D eigenvalue weighted by Gasteiger charge is -2.24. The second kappa shape index (κ2) is 9.70. The van der Waals surface area contributed by atoms with Gasteiger partial charge in [0.25, 0.3) is 0 Å². The summed E-state index contributed by atoms with van der Waals surface area (Å²) in [4.78, 5) is 0. The Labute approximate surface area is 126 Å². The first-order valence-corrected chi connectivity index (χ1v) is 9.63. The van der Waals surface area contributed by atoms with Gasteiger partial charge >= 0.3 is 20.8 Å². The van der Waals surface area contributed by atoms with Crippen LogP contribution in [0.15, 0.2) is 0 Å². The largest absolute Gasteiger partial charge is 0.397 e. The van der Waals surface area contributed by atoms with Crippen molar-refractivity contribution in [2.75, 3.05) is 0 Å². The van der Waals surface area contributed by atoms with E-state index in [2.05, 4.69) is 8.37 Å². The predicted molar refractivity (Wildman–Crippen MR) is 76.5 cm³/mol. The van der Waals surface area contributed by atoms with E-state index in [0.29, 0.717) is 12.8 Å². The van der Waals surface area contributed by atoms with Gasteiger partial charge in [0.1, 0.15) is 12.2 Å². The smallest absolute Gasteiger partial charge is 0.264 e. The van der Waals surface area contributed by atoms with Crippen LogP contribution in [0.1, 0.15) is 58.8 Å². The van der Waals surface area contributed by atoms with Crippen LogP contribution < -0.4 is 0 Å². The van der Waals surface area contributed by atoms with Crippen LogP contribution in [0.2, 0.25) is 0 Å². The maximum Gasteiger partial charge on any atom is 0.397 e. The Balaban J connectivity index is 5.02. The van der Waals surface area contributed by atoms with Crippen molar-refractivity contribution in [2.45, 2.75) is 71.0 Å². The van der Waals surface area contributed by atoms with Gasteiger partial charge in [-0.3, -0.25) is 9.11 Å². The molecule has 10 heteroatoms. The topological polar surface area (TPSA) is 127 Å². The van der Waals surface area contributed by atoms with Gasteiger partial charge in [0, 0.05) is 0 Å². The van der Waals surface area contributed by atoms with Gasteiger partial charge in [0.05, 0.1) is 0 Å². The summed E-state index contributed by atoms with van der Waals surface area (Å²) >= 11 is 0. The van der Waals surface area contributed by atoms with Crippen molar-refractivity contribution in [1.82, 2.24) is 0 Å². The maximum atomic E-state index is 10.9. The molecule has 2 N–H and O–H groups in total. The minimum Gasteiger partial charge on any atom is -0.264 e. The normalized spacial score (nSPS) is 15.8. The number of hydrogen-bond donors (Lipinski definition) is 2. The quantitative estimate of drug-likeness (QED) is 0.405. The molecule has 21 heavy (non-hydrogen) atoms. The highest BCUT2D eigenvalue weighted by Gasteiger charge is 2.30. The van der Waals surface area contributed by atoms with Gasteiger partial charge in [-0.25, -0.2) is 8.37 Å². The fraction of sp³-hybridized carbons (Fsp3) is 1.00. The van der Waals surface area contributed by atoms with Crippen LogP contribution in [0.5, 0.6) is 0 Å². The van der Waals surface area contributed by atoms with E-state index in [0.717, 1.165) is 19.3 Å². The third kappa shape index (κ3) is 12.0. The fourth-order valence-electron chi connectivity index (χ4n) is 1.91. The molecule has 0 fully saturated rings. The zero-order valence-corrected chi connectivity index (χ0v) is 13.9. The van der Waals surface area contributed by atoms with Gasteiger partial charge < -0.3 is 0 Å². The molecule has 0 bridgehead atoms. The van der Waals surface area contributed by atoms with E-state index >= 15 is 0 Å². The summed E-state index contributed by atoms with van der Waals surface area (Å²) < 4.78 is 70.1. The Morgan fingerprint density at radius 2 is 1.14 bits per heavy atom. The average molecular weight is 348 g/mol. The van der Waals surface area contributed by atoms with Crippen LogP contribution in [0.4, 0.5) is 0 Å². The van der Waals surface area contributed by atoms with Crippen molar-refractivity contribution in [3.8, 4) is 0 Å². The van der Waals surface area contributed by atoms with Gasteiger partial charge in [-0.15, -0.1) is 0 Å². The standard InChI is InChI=1S/C11H24O8S2/c1-3-5-7-9-11(19-21(15,16)17)10(8-6-4-2)18-20(12,13)14/h10-11H,3-9H2,1-2H3,(H,12,13,14)(H,15,16,17). The molecular formula is C11H24O8S2. The molecule has 0 aliphatic rings. The van der Waals surface area contributed by atoms with E-state index in [1.54, 1.807) is 0 Å². The maximum absolute atomic E-state index is 10.9. The Kier molecular flexibility index (Phi) is 9.58. The molecule has 0 radical (unpaired) electrons. The van der Waals surface area contributed by atoms with Crippen LogP contribution in [0.3, 0.4) is 0 Å². The summed E-state index contributed by atoms with van der Waals surface area (Å²) in [6.45, 7) is 3.81. The van der Waals surface area contributed by atoms with Gasteiger partial charge in [0.2, 0.25) is 0 Å². The summed E-state index contributed by atoms with van der Waals surface area (Å²) in [7, 11) is -9.48. The third-order valence-electron chi connectivity index (χ3n) is 2.84. The second-order valence-electron chi connectivity index (χ2n) is 4.76. The summed E-state index contributed by atoms with van der Waals surface area (Å²) in [5.74, 6) is 0. The molecule has 0 amide bonds. The van der Waals surface area contributed by atoms with Crippen LogP contribution in [0, 0.1) is 0 Å². The molecule has 0 spiro atoms. The van der Waals surface area contributed by atoms with Gasteiger partial charge in [-0.2, -0.15) is 16.8 Å². The summed E-state index contributed by atoms with van der Waals surface area (Å²) in [5.41, 5.74) is 0. The Hall–Kier alpha value is -0.260. The number of hydrogen-bond acceptors (Lipinski definition) is 6. The van der Waals surface area contributed by atoms with Crippen molar-refractivity contribution in [2.24, 2.45) is 0 Å². The summed E-state index contributed by atoms with van der Waals surface area (Å²) in [5, 5.41) is 0. The molecule has 2 atom stereocenters. The first-order chi connectivity index (χ1) is 9.59. The van der Waals surface area contributed by atoms with Crippen LogP contribution in [-0.4, -0.2) is 38.1 Å². The van der Waals surface area contributed by atoms with E-state index in [9.17, 15) is 16.8 Å². The minimum atomic E-state index is -4.74. The van der Waals surface area contributed by atoms with Crippen molar-refractivity contribution in [3.05, 3.63) is 0 Å². The first kappa shape index (κ1) is 20.7. The number of unbranched alkanes of at least 4 members (excludes halogenated alkanes) is 3. The zero-order valence-electron chi connectivity index (χ0n) is 12.3. The molecule has 0 aromatic rings. The second-order valence-corrected chi connectivity index (χ2v) is 6.86. The van der Waals surface area contributed by atoms with E-state index in [-0.39, 0.29) is 12.8 Å². The molecule has 0 saturated heterocycles. The van der Waals surface area contributed by atoms with E-state index in [4.69, 9.17) is 9.11 Å². The van der Waals surface area contributed by atoms with Gasteiger partial charge in [-0.05, 0) is 12.8 Å². The monoisotopic (exact) mass is 348 g/mol. The van der Waals surface area contributed by atoms with E-state index in [1.807, 2.05) is 13.8 Å². The Bertz CT molecular complexity index is 470. The zero-order chi connectivity index (χ0) is 16.5.